The number of hydrogen-bond donors (Lipinski definition) is 0. The van der Waals surface area contributed by atoms with Crippen LogP contribution in [0.3, 0.4) is 0 Å². The molecule has 0 aliphatic carbocycles. The molecule has 1 aromatic heterocycles. The number of rotatable bonds is 2. The zero-order valence-electron chi connectivity index (χ0n) is 8.58. The van der Waals surface area contributed by atoms with Gasteiger partial charge in [-0.05, 0) is 19.4 Å². The molecule has 0 aromatic carbocycles. The largest absolute Gasteiger partial charge is 0.341 e. The highest BCUT2D eigenvalue weighted by Gasteiger charge is 2.18. The van der Waals surface area contributed by atoms with Crippen LogP contribution >= 0.6 is 0 Å². The van der Waals surface area contributed by atoms with Crippen LogP contribution in [0.1, 0.15) is 35.1 Å². The van der Waals surface area contributed by atoms with Crippen molar-refractivity contribution in [1.29, 1.82) is 0 Å². The molecule has 2 rings (SSSR count). The average molecular weight is 190 g/mol. The van der Waals surface area contributed by atoms with E-state index in [9.17, 15) is 4.79 Å². The van der Waals surface area contributed by atoms with E-state index in [1.807, 2.05) is 13.0 Å². The first kappa shape index (κ1) is 9.19. The van der Waals surface area contributed by atoms with Gasteiger partial charge in [-0.1, -0.05) is 6.92 Å². The van der Waals surface area contributed by atoms with Crippen LogP contribution in [0.5, 0.6) is 0 Å². The summed E-state index contributed by atoms with van der Waals surface area (Å²) in [5.41, 5.74) is 4.03. The lowest BCUT2D eigenvalue weighted by Gasteiger charge is -2.17. The first-order valence-electron chi connectivity index (χ1n) is 4.97. The molecule has 0 radical (unpaired) electrons. The number of aryl methyl sites for hydroxylation is 1. The van der Waals surface area contributed by atoms with E-state index in [-0.39, 0.29) is 0 Å². The standard InChI is InChI=1S/C11H14N2O/c1-3-10-11-9(7-14)6-8(2)13(11)5-4-12-10/h6-7H,3-5H2,1-2H3. The first-order valence-corrected chi connectivity index (χ1v) is 4.97. The Morgan fingerprint density at radius 3 is 3.07 bits per heavy atom. The molecular formula is C11H14N2O. The van der Waals surface area contributed by atoms with Crippen LogP contribution in [0.15, 0.2) is 11.1 Å². The van der Waals surface area contributed by atoms with Gasteiger partial charge in [0.05, 0.1) is 18.0 Å². The molecule has 0 amide bonds. The summed E-state index contributed by atoms with van der Waals surface area (Å²) in [7, 11) is 0. The van der Waals surface area contributed by atoms with Crippen LogP contribution in [0.2, 0.25) is 0 Å². The van der Waals surface area contributed by atoms with Crippen molar-refractivity contribution in [3.05, 3.63) is 23.0 Å². The van der Waals surface area contributed by atoms with Gasteiger partial charge in [0, 0.05) is 17.8 Å². The number of hydrogen-bond acceptors (Lipinski definition) is 2. The quantitative estimate of drug-likeness (QED) is 0.655. The summed E-state index contributed by atoms with van der Waals surface area (Å²) in [6.07, 6.45) is 1.82. The van der Waals surface area contributed by atoms with E-state index in [0.717, 1.165) is 48.5 Å². The Bertz CT molecular complexity index is 402. The molecule has 0 spiro atoms. The lowest BCUT2D eigenvalue weighted by molar-refractivity contribution is 0.112. The van der Waals surface area contributed by atoms with E-state index in [2.05, 4.69) is 16.5 Å². The third kappa shape index (κ3) is 1.20. The summed E-state index contributed by atoms with van der Waals surface area (Å²) < 4.78 is 2.19. The van der Waals surface area contributed by atoms with Crippen molar-refractivity contribution in [3.8, 4) is 0 Å². The summed E-state index contributed by atoms with van der Waals surface area (Å²) >= 11 is 0. The van der Waals surface area contributed by atoms with Crippen LogP contribution in [-0.4, -0.2) is 23.1 Å². The maximum atomic E-state index is 10.9. The number of aliphatic imine (C=N–C) groups is 1. The molecule has 1 aromatic rings. The van der Waals surface area contributed by atoms with Gasteiger partial charge in [0.1, 0.15) is 0 Å². The molecule has 0 saturated heterocycles. The SMILES string of the molecule is CCC1=NCCn2c(C)cc(C=O)c21. The third-order valence-electron chi connectivity index (χ3n) is 2.69. The van der Waals surface area contributed by atoms with Crippen molar-refractivity contribution >= 4 is 12.0 Å². The topological polar surface area (TPSA) is 34.4 Å². The fourth-order valence-corrected chi connectivity index (χ4v) is 2.04. The number of fused-ring (bicyclic) bond motifs is 1. The van der Waals surface area contributed by atoms with Gasteiger partial charge >= 0.3 is 0 Å². The maximum Gasteiger partial charge on any atom is 0.152 e. The Morgan fingerprint density at radius 1 is 1.64 bits per heavy atom. The minimum atomic E-state index is 0.780. The molecule has 3 nitrogen and oxygen atoms in total. The van der Waals surface area contributed by atoms with Crippen LogP contribution < -0.4 is 0 Å². The molecule has 1 aliphatic rings. The molecule has 3 heteroatoms. The predicted molar refractivity (Wildman–Crippen MR) is 56.3 cm³/mol. The molecule has 14 heavy (non-hydrogen) atoms. The predicted octanol–water partition coefficient (Wildman–Crippen LogP) is 1.82. The summed E-state index contributed by atoms with van der Waals surface area (Å²) in [5.74, 6) is 0. The maximum absolute atomic E-state index is 10.9. The van der Waals surface area contributed by atoms with Gasteiger partial charge in [-0.2, -0.15) is 0 Å². The molecule has 0 bridgehead atoms. The number of carbonyl (C=O) groups excluding carboxylic acids is 1. The van der Waals surface area contributed by atoms with Gasteiger partial charge in [-0.25, -0.2) is 0 Å². The second kappa shape index (κ2) is 3.40. The van der Waals surface area contributed by atoms with Crippen molar-refractivity contribution < 1.29 is 4.79 Å². The van der Waals surface area contributed by atoms with Gasteiger partial charge < -0.3 is 4.57 Å². The van der Waals surface area contributed by atoms with E-state index in [4.69, 9.17) is 0 Å². The molecule has 0 saturated carbocycles. The molecule has 0 unspecified atom stereocenters. The van der Waals surface area contributed by atoms with Crippen molar-refractivity contribution in [1.82, 2.24) is 4.57 Å². The highest BCUT2D eigenvalue weighted by Crippen LogP contribution is 2.19. The van der Waals surface area contributed by atoms with Gasteiger partial charge in [0.25, 0.3) is 0 Å². The molecule has 0 N–H and O–H groups in total. The summed E-state index contributed by atoms with van der Waals surface area (Å²) in [5, 5.41) is 0. The van der Waals surface area contributed by atoms with Crippen molar-refractivity contribution in [3.63, 3.8) is 0 Å². The van der Waals surface area contributed by atoms with Crippen LogP contribution in [0, 0.1) is 6.92 Å². The Hall–Kier alpha value is -1.38. The van der Waals surface area contributed by atoms with Crippen LogP contribution in [0.4, 0.5) is 0 Å². The van der Waals surface area contributed by atoms with E-state index in [1.165, 1.54) is 0 Å². The molecule has 0 fully saturated rings. The summed E-state index contributed by atoms with van der Waals surface area (Å²) in [6.45, 7) is 5.85. The van der Waals surface area contributed by atoms with Gasteiger partial charge in [-0.15, -0.1) is 0 Å². The van der Waals surface area contributed by atoms with Crippen LogP contribution in [-0.2, 0) is 6.54 Å². The molecule has 1 aliphatic heterocycles. The van der Waals surface area contributed by atoms with Gasteiger partial charge in [-0.3, -0.25) is 9.79 Å². The minimum Gasteiger partial charge on any atom is -0.341 e. The molecule has 74 valence electrons. The normalized spacial score (nSPS) is 14.9. The molecular weight excluding hydrogens is 176 g/mol. The second-order valence-electron chi connectivity index (χ2n) is 3.54. The van der Waals surface area contributed by atoms with Crippen molar-refractivity contribution in [2.24, 2.45) is 4.99 Å². The third-order valence-corrected chi connectivity index (χ3v) is 2.69. The summed E-state index contributed by atoms with van der Waals surface area (Å²) in [4.78, 5) is 15.3. The van der Waals surface area contributed by atoms with E-state index >= 15 is 0 Å². The number of aromatic nitrogens is 1. The first-order chi connectivity index (χ1) is 6.77. The minimum absolute atomic E-state index is 0.780. The average Bonchev–Trinajstić information content (AvgIpc) is 2.56. The Kier molecular flexibility index (Phi) is 2.23. The van der Waals surface area contributed by atoms with Gasteiger partial charge in [0.15, 0.2) is 6.29 Å². The van der Waals surface area contributed by atoms with E-state index in [0.29, 0.717) is 0 Å². The van der Waals surface area contributed by atoms with Crippen molar-refractivity contribution in [2.75, 3.05) is 6.54 Å². The summed E-state index contributed by atoms with van der Waals surface area (Å²) in [6, 6.07) is 1.94. The fourth-order valence-electron chi connectivity index (χ4n) is 2.04. The lowest BCUT2D eigenvalue weighted by atomic mass is 10.1. The number of aldehydes is 1. The van der Waals surface area contributed by atoms with Crippen molar-refractivity contribution in [2.45, 2.75) is 26.8 Å². The zero-order chi connectivity index (χ0) is 10.1. The second-order valence-corrected chi connectivity index (χ2v) is 3.54. The zero-order valence-corrected chi connectivity index (χ0v) is 8.58. The fraction of sp³-hybridized carbons (Fsp3) is 0.455. The monoisotopic (exact) mass is 190 g/mol. The smallest absolute Gasteiger partial charge is 0.152 e. The van der Waals surface area contributed by atoms with Crippen LogP contribution in [0.25, 0.3) is 0 Å². The Labute approximate surface area is 83.5 Å². The number of carbonyl (C=O) groups is 1. The van der Waals surface area contributed by atoms with E-state index < -0.39 is 0 Å². The molecule has 0 atom stereocenters. The highest BCUT2D eigenvalue weighted by atomic mass is 16.1. The lowest BCUT2D eigenvalue weighted by Crippen LogP contribution is -2.19. The highest BCUT2D eigenvalue weighted by molar-refractivity contribution is 6.05. The van der Waals surface area contributed by atoms with E-state index in [1.54, 1.807) is 0 Å². The molecule has 2 heterocycles. The Balaban J connectivity index is 2.62. The number of nitrogens with zero attached hydrogens (tertiary/aromatic N) is 2. The Morgan fingerprint density at radius 2 is 2.43 bits per heavy atom. The van der Waals surface area contributed by atoms with Gasteiger partial charge in [0.2, 0.25) is 0 Å².